The molecule has 0 aromatic rings. The fourth-order valence-corrected chi connectivity index (χ4v) is 2.10. The summed E-state index contributed by atoms with van der Waals surface area (Å²) >= 11 is 0. The van der Waals surface area contributed by atoms with Crippen LogP contribution in [0.4, 0.5) is 119 Å². The second kappa shape index (κ2) is 14.3. The molecule has 0 saturated carbocycles. The van der Waals surface area contributed by atoms with Gasteiger partial charge in [-0.2, -0.15) is 119 Å². The molecule has 316 valence electrons. The smallest absolute Gasteiger partial charge is 0.478 e. The number of hydrogen-bond acceptors (Lipinski definition) is 7. The van der Waals surface area contributed by atoms with Crippen LogP contribution in [0.3, 0.4) is 0 Å². The number of halogens is 27. The fourth-order valence-electron chi connectivity index (χ4n) is 2.10. The summed E-state index contributed by atoms with van der Waals surface area (Å²) in [5.74, 6) is -2.14. The molecule has 0 heterocycles. The average molecular weight is 864 g/mol. The van der Waals surface area contributed by atoms with Gasteiger partial charge in [0.2, 0.25) is 0 Å². The summed E-state index contributed by atoms with van der Waals surface area (Å²) in [5, 5.41) is 8.36. The van der Waals surface area contributed by atoms with E-state index in [1.807, 2.05) is 0 Å². The van der Waals surface area contributed by atoms with Gasteiger partial charge < -0.3 is 5.11 Å². The van der Waals surface area contributed by atoms with Gasteiger partial charge in [-0.25, -0.2) is 33.2 Å². The van der Waals surface area contributed by atoms with E-state index in [4.69, 9.17) is 5.11 Å². The molecule has 1 N–H and O–H groups in total. The maximum absolute atomic E-state index is 13.5. The number of alkyl halides is 27. The number of carbonyl (C=O) groups is 1. The van der Waals surface area contributed by atoms with Gasteiger partial charge in [0, 0.05) is 12.0 Å². The maximum atomic E-state index is 13.5. The third-order valence-corrected chi connectivity index (χ3v) is 4.60. The van der Waals surface area contributed by atoms with E-state index in [0.29, 0.717) is 0 Å². The van der Waals surface area contributed by atoms with Gasteiger partial charge in [-0.05, 0) is 6.42 Å². The van der Waals surface area contributed by atoms with Crippen molar-refractivity contribution in [2.45, 2.75) is 92.3 Å². The van der Waals surface area contributed by atoms with Crippen LogP contribution in [-0.4, -0.2) is 90.6 Å². The number of aliphatic carboxylic acids is 1. The highest BCUT2D eigenvalue weighted by atomic mass is 19.4. The van der Waals surface area contributed by atoms with Crippen LogP contribution < -0.4 is 0 Å². The molecule has 0 aliphatic heterocycles. The number of carboxylic acid groups (broad SMARTS) is 1. The van der Waals surface area contributed by atoms with E-state index in [1.54, 1.807) is 0 Å². The predicted octanol–water partition coefficient (Wildman–Crippen LogP) is 9.18. The molecule has 0 aromatic carbocycles. The van der Waals surface area contributed by atoms with Gasteiger partial charge in [0.15, 0.2) is 0 Å². The molecule has 35 heteroatoms. The highest BCUT2D eigenvalue weighted by Crippen LogP contribution is 2.54. The van der Waals surface area contributed by atoms with Gasteiger partial charge >= 0.3 is 85.4 Å². The van der Waals surface area contributed by atoms with Gasteiger partial charge in [0.1, 0.15) is 0 Å². The van der Waals surface area contributed by atoms with Crippen LogP contribution in [0.2, 0.25) is 0 Å². The van der Waals surface area contributed by atoms with E-state index in [0.717, 1.165) is 18.9 Å². The van der Waals surface area contributed by atoms with E-state index in [-0.39, 0.29) is 0 Å². The van der Waals surface area contributed by atoms with E-state index in [9.17, 15) is 123 Å². The number of carboxylic acids is 1. The standard InChI is InChI=1S/C18H7F27O8/c1-4(5(46)47)2-3-6(19,20)48-9(26,27)10(28,29)50-13(34,35)14(36,37)52-17(42,43)18(44,45)53-16(40,41)15(38,39)51-12(32,33)11(30,31)49-8(24,25)7(21,22)23/h1-3H2,(H,46,47). The van der Waals surface area contributed by atoms with Crippen molar-refractivity contribution in [1.82, 2.24) is 0 Å². The first-order valence-electron chi connectivity index (χ1n) is 11.3. The first-order valence-corrected chi connectivity index (χ1v) is 11.3. The van der Waals surface area contributed by atoms with Crippen LogP contribution in [0, 0.1) is 0 Å². The zero-order chi connectivity index (χ0) is 43.3. The molecule has 0 atom stereocenters. The molecule has 0 aliphatic rings. The lowest BCUT2D eigenvalue weighted by Crippen LogP contribution is -2.62. The Morgan fingerprint density at radius 2 is 0.566 bits per heavy atom. The zero-order valence-corrected chi connectivity index (χ0v) is 23.1. The van der Waals surface area contributed by atoms with Gasteiger partial charge in [-0.1, -0.05) is 6.58 Å². The van der Waals surface area contributed by atoms with E-state index >= 15 is 0 Å². The Balaban J connectivity index is 6.25. The molecule has 0 aliphatic carbocycles. The van der Waals surface area contributed by atoms with Gasteiger partial charge in [-0.15, -0.1) is 0 Å². The van der Waals surface area contributed by atoms with Crippen molar-refractivity contribution in [3.63, 3.8) is 0 Å². The lowest BCUT2D eigenvalue weighted by molar-refractivity contribution is -0.595. The van der Waals surface area contributed by atoms with Crippen molar-refractivity contribution in [2.24, 2.45) is 0 Å². The summed E-state index contributed by atoms with van der Waals surface area (Å²) in [5.41, 5.74) is -1.31. The average Bonchev–Trinajstić information content (AvgIpc) is 2.82. The highest BCUT2D eigenvalue weighted by Gasteiger charge is 2.80. The van der Waals surface area contributed by atoms with Crippen LogP contribution in [0.25, 0.3) is 0 Å². The lowest BCUT2D eigenvalue weighted by Gasteiger charge is -2.37. The largest absolute Gasteiger partial charge is 0.483 e. The predicted molar refractivity (Wildman–Crippen MR) is 97.9 cm³/mol. The van der Waals surface area contributed by atoms with Gasteiger partial charge in [0.25, 0.3) is 0 Å². The molecule has 8 nitrogen and oxygen atoms in total. The minimum atomic E-state index is -8.29. The minimum Gasteiger partial charge on any atom is -0.478 e. The molecule has 0 saturated heterocycles. The van der Waals surface area contributed by atoms with Crippen LogP contribution in [-0.2, 0) is 33.2 Å². The molecule has 0 spiro atoms. The molecule has 0 bridgehead atoms. The summed E-state index contributed by atoms with van der Waals surface area (Å²) in [6.07, 6.45) is -105. The summed E-state index contributed by atoms with van der Waals surface area (Å²) in [6, 6.07) is 0. The quantitative estimate of drug-likeness (QED) is 0.0903. The van der Waals surface area contributed by atoms with Crippen molar-refractivity contribution < 1.29 is 157 Å². The third kappa shape index (κ3) is 11.5. The molecule has 0 aromatic heterocycles. The third-order valence-electron chi connectivity index (χ3n) is 4.60. The van der Waals surface area contributed by atoms with Crippen LogP contribution >= 0.6 is 0 Å². The van der Waals surface area contributed by atoms with Crippen LogP contribution in [0.1, 0.15) is 12.8 Å². The van der Waals surface area contributed by atoms with Crippen molar-refractivity contribution >= 4 is 5.97 Å². The van der Waals surface area contributed by atoms with E-state index in [2.05, 4.69) is 11.3 Å². The first-order chi connectivity index (χ1) is 22.6. The first kappa shape index (κ1) is 50.1. The molecule has 0 rings (SSSR count). The second-order valence-corrected chi connectivity index (χ2v) is 8.84. The maximum Gasteiger partial charge on any atom is 0.483 e. The van der Waals surface area contributed by atoms with E-state index < -0.39 is 104 Å². The zero-order valence-electron chi connectivity index (χ0n) is 23.1. The molecular weight excluding hydrogens is 857 g/mol. The topological polar surface area (TPSA) is 92.7 Å². The lowest BCUT2D eigenvalue weighted by atomic mass is 10.1. The summed E-state index contributed by atoms with van der Waals surface area (Å²) in [6.45, 7) is 2.53. The summed E-state index contributed by atoms with van der Waals surface area (Å²) in [7, 11) is 0. The van der Waals surface area contributed by atoms with Crippen molar-refractivity contribution in [3.8, 4) is 0 Å². The Hall–Kier alpha value is -2.92. The number of rotatable bonds is 21. The van der Waals surface area contributed by atoms with Crippen molar-refractivity contribution in [1.29, 1.82) is 0 Å². The molecule has 0 amide bonds. The van der Waals surface area contributed by atoms with E-state index in [1.165, 1.54) is 4.74 Å². The molecule has 0 fully saturated rings. The Morgan fingerprint density at radius 3 is 0.755 bits per heavy atom. The molecular formula is C18H7F27O8. The molecule has 0 unspecified atom stereocenters. The van der Waals surface area contributed by atoms with Crippen LogP contribution in [0.15, 0.2) is 12.2 Å². The SMILES string of the molecule is C=C(CCC(F)(F)OC(F)(F)C(F)(F)OC(F)(F)C(F)(F)OC(F)(F)C(F)(F)OC(F)(F)C(F)(F)OC(F)(F)C(F)(F)OC(F)(F)C(F)(F)F)C(=O)O. The Bertz CT molecular complexity index is 1310. The number of ether oxygens (including phenoxy) is 6. The Labute approximate surface area is 268 Å². The van der Waals surface area contributed by atoms with Gasteiger partial charge in [0.05, 0.1) is 0 Å². The fraction of sp³-hybridized carbons (Fsp3) is 0.833. The minimum absolute atomic E-state index is 1.09. The van der Waals surface area contributed by atoms with Crippen molar-refractivity contribution in [2.75, 3.05) is 0 Å². The summed E-state index contributed by atoms with van der Waals surface area (Å²) in [4.78, 5) is 10.4. The Kier molecular flexibility index (Phi) is 13.5. The summed E-state index contributed by atoms with van der Waals surface area (Å²) < 4.78 is 363. The Morgan fingerprint density at radius 1 is 0.377 bits per heavy atom. The van der Waals surface area contributed by atoms with Crippen molar-refractivity contribution in [3.05, 3.63) is 12.2 Å². The van der Waals surface area contributed by atoms with Crippen LogP contribution in [0.5, 0.6) is 0 Å². The molecule has 53 heavy (non-hydrogen) atoms. The second-order valence-electron chi connectivity index (χ2n) is 8.84. The highest BCUT2D eigenvalue weighted by molar-refractivity contribution is 5.85. The number of hydrogen-bond donors (Lipinski definition) is 1. The monoisotopic (exact) mass is 864 g/mol. The molecule has 0 radical (unpaired) electrons. The normalized spacial score (nSPS) is 15.9. The van der Waals surface area contributed by atoms with Gasteiger partial charge in [-0.3, -0.25) is 0 Å².